The molecule has 6 heteroatoms. The predicted molar refractivity (Wildman–Crippen MR) is 71.0 cm³/mol. The summed E-state index contributed by atoms with van der Waals surface area (Å²) >= 11 is 0. The molecular formula is C13H23N3O3. The maximum Gasteiger partial charge on any atom is 0.328 e. The number of likely N-dealkylation sites (tertiary alicyclic amines) is 2. The second-order valence-electron chi connectivity index (χ2n) is 5.99. The van der Waals surface area contributed by atoms with Gasteiger partial charge in [0.1, 0.15) is 5.54 Å². The Morgan fingerprint density at radius 1 is 1.21 bits per heavy atom. The van der Waals surface area contributed by atoms with Gasteiger partial charge in [-0.2, -0.15) is 0 Å². The number of carbonyl (C=O) groups excluding carboxylic acids is 1. The first-order valence-corrected chi connectivity index (χ1v) is 6.95. The van der Waals surface area contributed by atoms with Gasteiger partial charge in [0.25, 0.3) is 0 Å². The lowest BCUT2D eigenvalue weighted by atomic mass is 10.1. The van der Waals surface area contributed by atoms with Crippen molar-refractivity contribution in [2.45, 2.75) is 44.7 Å². The van der Waals surface area contributed by atoms with E-state index >= 15 is 0 Å². The predicted octanol–water partition coefficient (Wildman–Crippen LogP) is 0.729. The fraction of sp³-hybridized carbons (Fsp3) is 0.846. The minimum Gasteiger partial charge on any atom is -0.480 e. The molecule has 1 unspecified atom stereocenters. The Morgan fingerprint density at radius 2 is 1.84 bits per heavy atom. The molecule has 2 rings (SSSR count). The monoisotopic (exact) mass is 269 g/mol. The van der Waals surface area contributed by atoms with E-state index in [1.54, 1.807) is 4.90 Å². The molecule has 0 aromatic carbocycles. The lowest BCUT2D eigenvalue weighted by molar-refractivity contribution is -0.143. The number of aliphatic carboxylic acids is 1. The first-order chi connectivity index (χ1) is 8.90. The zero-order valence-electron chi connectivity index (χ0n) is 11.7. The van der Waals surface area contributed by atoms with Crippen LogP contribution in [-0.4, -0.2) is 64.7 Å². The van der Waals surface area contributed by atoms with Crippen molar-refractivity contribution in [3.63, 3.8) is 0 Å². The van der Waals surface area contributed by atoms with E-state index in [2.05, 4.69) is 10.2 Å². The number of amides is 2. The molecule has 0 bridgehead atoms. The van der Waals surface area contributed by atoms with Crippen LogP contribution in [-0.2, 0) is 4.79 Å². The molecule has 0 aliphatic carbocycles. The molecule has 2 fully saturated rings. The van der Waals surface area contributed by atoms with Gasteiger partial charge >= 0.3 is 12.0 Å². The summed E-state index contributed by atoms with van der Waals surface area (Å²) in [5, 5.41) is 11.6. The lowest BCUT2D eigenvalue weighted by Crippen LogP contribution is -2.54. The average molecular weight is 269 g/mol. The van der Waals surface area contributed by atoms with Gasteiger partial charge in [-0.25, -0.2) is 9.59 Å². The van der Waals surface area contributed by atoms with Gasteiger partial charge in [0.05, 0.1) is 0 Å². The van der Waals surface area contributed by atoms with Crippen molar-refractivity contribution < 1.29 is 14.7 Å². The molecule has 2 aliphatic rings. The fourth-order valence-electron chi connectivity index (χ4n) is 2.73. The third-order valence-electron chi connectivity index (χ3n) is 4.06. The number of nitrogens with one attached hydrogen (secondary N) is 1. The normalized spacial score (nSPS) is 24.7. The second kappa shape index (κ2) is 5.36. The van der Waals surface area contributed by atoms with E-state index < -0.39 is 11.5 Å². The van der Waals surface area contributed by atoms with E-state index in [9.17, 15) is 9.59 Å². The Balaban J connectivity index is 1.86. The van der Waals surface area contributed by atoms with Crippen molar-refractivity contribution in [3.8, 4) is 0 Å². The third-order valence-corrected chi connectivity index (χ3v) is 4.06. The summed E-state index contributed by atoms with van der Waals surface area (Å²) in [7, 11) is 0. The molecule has 2 amide bonds. The molecule has 2 saturated heterocycles. The number of hydrogen-bond donors (Lipinski definition) is 2. The lowest BCUT2D eigenvalue weighted by Gasteiger charge is -2.27. The van der Waals surface area contributed by atoms with Crippen molar-refractivity contribution >= 4 is 12.0 Å². The van der Waals surface area contributed by atoms with Crippen molar-refractivity contribution in [2.75, 3.05) is 26.2 Å². The van der Waals surface area contributed by atoms with Gasteiger partial charge in [-0.15, -0.1) is 0 Å². The van der Waals surface area contributed by atoms with Crippen LogP contribution in [0.25, 0.3) is 0 Å². The van der Waals surface area contributed by atoms with Gasteiger partial charge < -0.3 is 15.3 Å². The number of carbonyl (C=O) groups is 2. The molecule has 19 heavy (non-hydrogen) atoms. The summed E-state index contributed by atoms with van der Waals surface area (Å²) < 4.78 is 0. The quantitative estimate of drug-likeness (QED) is 0.792. The zero-order valence-corrected chi connectivity index (χ0v) is 11.7. The molecule has 0 aromatic heterocycles. The average Bonchev–Trinajstić information content (AvgIpc) is 2.99. The SMILES string of the molecule is CC(C)(NC(=O)N1CCC(N2CCCC2)C1)C(=O)O. The Hall–Kier alpha value is -1.30. The van der Waals surface area contributed by atoms with Gasteiger partial charge in [-0.1, -0.05) is 0 Å². The smallest absolute Gasteiger partial charge is 0.328 e. The molecular weight excluding hydrogens is 246 g/mol. The van der Waals surface area contributed by atoms with E-state index in [1.165, 1.54) is 26.7 Å². The summed E-state index contributed by atoms with van der Waals surface area (Å²) in [4.78, 5) is 27.2. The minimum absolute atomic E-state index is 0.269. The van der Waals surface area contributed by atoms with Crippen LogP contribution in [0.5, 0.6) is 0 Å². The summed E-state index contributed by atoms with van der Waals surface area (Å²) in [6.07, 6.45) is 3.48. The van der Waals surface area contributed by atoms with Gasteiger partial charge in [0, 0.05) is 19.1 Å². The number of urea groups is 1. The van der Waals surface area contributed by atoms with Gasteiger partial charge in [-0.05, 0) is 46.2 Å². The molecule has 6 nitrogen and oxygen atoms in total. The number of nitrogens with zero attached hydrogens (tertiary/aromatic N) is 2. The standard InChI is InChI=1S/C13H23N3O3/c1-13(2,11(17)18)14-12(19)16-8-5-10(9-16)15-6-3-4-7-15/h10H,3-9H2,1-2H3,(H,14,19)(H,17,18). The zero-order chi connectivity index (χ0) is 14.0. The molecule has 0 radical (unpaired) electrons. The number of carboxylic acids is 1. The van der Waals surface area contributed by atoms with E-state index in [0.717, 1.165) is 19.5 Å². The second-order valence-corrected chi connectivity index (χ2v) is 5.99. The molecule has 2 N–H and O–H groups in total. The highest BCUT2D eigenvalue weighted by Gasteiger charge is 2.35. The van der Waals surface area contributed by atoms with Crippen molar-refractivity contribution in [2.24, 2.45) is 0 Å². The van der Waals surface area contributed by atoms with Crippen LogP contribution in [0.1, 0.15) is 33.1 Å². The topological polar surface area (TPSA) is 72.9 Å². The summed E-state index contributed by atoms with van der Waals surface area (Å²) in [6, 6.07) is 0.176. The maximum absolute atomic E-state index is 12.1. The van der Waals surface area contributed by atoms with Gasteiger partial charge in [-0.3, -0.25) is 4.90 Å². The molecule has 0 aromatic rings. The number of rotatable bonds is 3. The fourth-order valence-corrected chi connectivity index (χ4v) is 2.73. The van der Waals surface area contributed by atoms with Crippen LogP contribution in [0.3, 0.4) is 0 Å². The largest absolute Gasteiger partial charge is 0.480 e. The van der Waals surface area contributed by atoms with Crippen LogP contribution in [0.2, 0.25) is 0 Å². The molecule has 2 heterocycles. The van der Waals surface area contributed by atoms with E-state index in [1.807, 2.05) is 0 Å². The third kappa shape index (κ3) is 3.18. The maximum atomic E-state index is 12.1. The van der Waals surface area contributed by atoms with Crippen LogP contribution in [0.4, 0.5) is 4.79 Å². The Morgan fingerprint density at radius 3 is 2.42 bits per heavy atom. The van der Waals surface area contributed by atoms with Crippen LogP contribution >= 0.6 is 0 Å². The molecule has 0 spiro atoms. The van der Waals surface area contributed by atoms with Gasteiger partial charge in [0.2, 0.25) is 0 Å². The Bertz CT molecular complexity index is 364. The Labute approximate surface area is 113 Å². The van der Waals surface area contributed by atoms with Crippen molar-refractivity contribution in [1.82, 2.24) is 15.1 Å². The minimum atomic E-state index is -1.22. The van der Waals surface area contributed by atoms with Crippen molar-refractivity contribution in [1.29, 1.82) is 0 Å². The van der Waals surface area contributed by atoms with E-state index in [4.69, 9.17) is 5.11 Å². The van der Waals surface area contributed by atoms with Crippen molar-refractivity contribution in [3.05, 3.63) is 0 Å². The Kier molecular flexibility index (Phi) is 3.99. The van der Waals surface area contributed by atoms with E-state index in [-0.39, 0.29) is 6.03 Å². The summed E-state index contributed by atoms with van der Waals surface area (Å²) in [5.41, 5.74) is -1.22. The molecule has 1 atom stereocenters. The first kappa shape index (κ1) is 14.1. The number of carboxylic acid groups (broad SMARTS) is 1. The van der Waals surface area contributed by atoms with Crippen LogP contribution in [0.15, 0.2) is 0 Å². The van der Waals surface area contributed by atoms with Crippen LogP contribution in [0, 0.1) is 0 Å². The molecule has 108 valence electrons. The molecule has 0 saturated carbocycles. The van der Waals surface area contributed by atoms with Gasteiger partial charge in [0.15, 0.2) is 0 Å². The summed E-state index contributed by atoms with van der Waals surface area (Å²) in [5.74, 6) is -1.02. The highest BCUT2D eigenvalue weighted by molar-refractivity contribution is 5.85. The summed E-state index contributed by atoms with van der Waals surface area (Å²) in [6.45, 7) is 6.67. The number of hydrogen-bond acceptors (Lipinski definition) is 3. The highest BCUT2D eigenvalue weighted by atomic mass is 16.4. The first-order valence-electron chi connectivity index (χ1n) is 6.95. The van der Waals surface area contributed by atoms with Crippen LogP contribution < -0.4 is 5.32 Å². The van der Waals surface area contributed by atoms with E-state index in [0.29, 0.717) is 19.1 Å². The molecule has 2 aliphatic heterocycles. The highest BCUT2D eigenvalue weighted by Crippen LogP contribution is 2.20.